The molecule has 41 heavy (non-hydrogen) atoms. The number of ether oxygens (including phenoxy) is 1. The van der Waals surface area contributed by atoms with Crippen molar-refractivity contribution < 1.29 is 14.3 Å². The highest BCUT2D eigenvalue weighted by Crippen LogP contribution is 2.37. The standard InChI is InChI=1S/C29H29Cl3N6O3/c1-16-4-5-18(41-3)12-19(16)23-15-38(34-33-23)24-8-11-37(28(24)39)17-6-9-36(10-7-17)29(40)26-20-13-21(30)22(31)14-25(20)35(2)27(26)32/h4-5,12-15,17,24H,6-11H2,1-3H3. The summed E-state index contributed by atoms with van der Waals surface area (Å²) < 4.78 is 8.78. The molecule has 0 N–H and O–H groups in total. The van der Waals surface area contributed by atoms with Gasteiger partial charge in [0.1, 0.15) is 22.6 Å². The first-order chi connectivity index (χ1) is 19.7. The first-order valence-corrected chi connectivity index (χ1v) is 14.6. The van der Waals surface area contributed by atoms with Crippen molar-refractivity contribution in [3.8, 4) is 17.0 Å². The lowest BCUT2D eigenvalue weighted by atomic mass is 10.0. The van der Waals surface area contributed by atoms with Crippen LogP contribution in [-0.4, -0.2) is 74.0 Å². The van der Waals surface area contributed by atoms with E-state index in [0.717, 1.165) is 22.4 Å². The summed E-state index contributed by atoms with van der Waals surface area (Å²) in [5, 5.41) is 10.5. The van der Waals surface area contributed by atoms with Crippen LogP contribution in [0.1, 0.15) is 41.2 Å². The molecular weight excluding hydrogens is 587 g/mol. The third kappa shape index (κ3) is 4.83. The summed E-state index contributed by atoms with van der Waals surface area (Å²) in [5.74, 6) is 0.632. The van der Waals surface area contributed by atoms with Gasteiger partial charge < -0.3 is 19.1 Å². The molecule has 12 heteroatoms. The second kappa shape index (κ2) is 10.9. The van der Waals surface area contributed by atoms with Crippen molar-refractivity contribution in [3.05, 3.63) is 62.9 Å². The lowest BCUT2D eigenvalue weighted by Crippen LogP contribution is -2.47. The molecule has 214 valence electrons. The van der Waals surface area contributed by atoms with E-state index in [1.54, 1.807) is 40.4 Å². The van der Waals surface area contributed by atoms with E-state index in [1.807, 2.05) is 36.2 Å². The van der Waals surface area contributed by atoms with E-state index in [2.05, 4.69) is 10.3 Å². The molecule has 0 radical (unpaired) electrons. The predicted molar refractivity (Wildman–Crippen MR) is 159 cm³/mol. The second-order valence-electron chi connectivity index (χ2n) is 10.6. The molecule has 0 bridgehead atoms. The number of aromatic nitrogens is 4. The molecule has 9 nitrogen and oxygen atoms in total. The molecular formula is C29H29Cl3N6O3. The van der Waals surface area contributed by atoms with Crippen molar-refractivity contribution in [1.82, 2.24) is 29.4 Å². The van der Waals surface area contributed by atoms with E-state index < -0.39 is 6.04 Å². The number of nitrogens with zero attached hydrogens (tertiary/aromatic N) is 6. The summed E-state index contributed by atoms with van der Waals surface area (Å²) in [6, 6.07) is 8.88. The number of piperidine rings is 1. The van der Waals surface area contributed by atoms with Gasteiger partial charge >= 0.3 is 0 Å². The van der Waals surface area contributed by atoms with Crippen LogP contribution in [0.3, 0.4) is 0 Å². The molecule has 2 aliphatic rings. The first kappa shape index (κ1) is 27.9. The Morgan fingerprint density at radius 1 is 1.02 bits per heavy atom. The van der Waals surface area contributed by atoms with Gasteiger partial charge in [-0.1, -0.05) is 46.1 Å². The number of aryl methyl sites for hydroxylation is 2. The minimum absolute atomic E-state index is 0.0391. The maximum Gasteiger partial charge on any atom is 0.257 e. The molecule has 2 saturated heterocycles. The van der Waals surface area contributed by atoms with Crippen LogP contribution < -0.4 is 4.74 Å². The van der Waals surface area contributed by atoms with Crippen LogP contribution in [0.15, 0.2) is 36.5 Å². The molecule has 2 amide bonds. The minimum Gasteiger partial charge on any atom is -0.497 e. The number of rotatable bonds is 5. The normalized spacial score (nSPS) is 18.1. The van der Waals surface area contributed by atoms with Crippen LogP contribution in [0, 0.1) is 6.92 Å². The number of methoxy groups -OCH3 is 1. The van der Waals surface area contributed by atoms with Gasteiger partial charge in [0.05, 0.1) is 34.4 Å². The van der Waals surface area contributed by atoms with Crippen molar-refractivity contribution in [3.63, 3.8) is 0 Å². The smallest absolute Gasteiger partial charge is 0.257 e. The molecule has 2 fully saturated rings. The Morgan fingerprint density at radius 3 is 2.49 bits per heavy atom. The highest BCUT2D eigenvalue weighted by molar-refractivity contribution is 6.43. The maximum atomic E-state index is 13.6. The van der Waals surface area contributed by atoms with E-state index in [4.69, 9.17) is 39.5 Å². The monoisotopic (exact) mass is 614 g/mol. The number of hydrogen-bond donors (Lipinski definition) is 0. The van der Waals surface area contributed by atoms with E-state index >= 15 is 0 Å². The Hall–Kier alpha value is -3.27. The SMILES string of the molecule is COc1ccc(C)c(-c2cn(C3CCN(C4CCN(C(=O)c5c(Cl)n(C)c6cc(Cl)c(Cl)cc56)CC4)C3=O)nn2)c1. The zero-order chi connectivity index (χ0) is 29.0. The van der Waals surface area contributed by atoms with Gasteiger partial charge in [0.2, 0.25) is 5.91 Å². The number of hydrogen-bond acceptors (Lipinski definition) is 5. The lowest BCUT2D eigenvalue weighted by Gasteiger charge is -2.36. The van der Waals surface area contributed by atoms with Gasteiger partial charge in [-0.15, -0.1) is 5.10 Å². The largest absolute Gasteiger partial charge is 0.497 e. The molecule has 1 unspecified atom stereocenters. The molecule has 2 aliphatic heterocycles. The zero-order valence-corrected chi connectivity index (χ0v) is 25.2. The Labute approximate surface area is 252 Å². The highest BCUT2D eigenvalue weighted by Gasteiger charge is 2.39. The average molecular weight is 616 g/mol. The number of benzene rings is 2. The molecule has 4 heterocycles. The molecule has 0 spiro atoms. The summed E-state index contributed by atoms with van der Waals surface area (Å²) in [6.45, 7) is 3.69. The minimum atomic E-state index is -0.395. The summed E-state index contributed by atoms with van der Waals surface area (Å²) in [4.78, 5) is 30.8. The van der Waals surface area contributed by atoms with Crippen LogP contribution in [0.2, 0.25) is 15.2 Å². The number of carbonyl (C=O) groups is 2. The molecule has 1 atom stereocenters. The topological polar surface area (TPSA) is 85.5 Å². The van der Waals surface area contributed by atoms with Crippen molar-refractivity contribution >= 4 is 57.5 Å². The molecule has 0 aliphatic carbocycles. The fraction of sp³-hybridized carbons (Fsp3) is 0.379. The summed E-state index contributed by atoms with van der Waals surface area (Å²) in [7, 11) is 3.42. The number of amides is 2. The second-order valence-corrected chi connectivity index (χ2v) is 11.8. The molecule has 2 aromatic heterocycles. The summed E-state index contributed by atoms with van der Waals surface area (Å²) in [5.41, 5.74) is 3.85. The van der Waals surface area contributed by atoms with Crippen molar-refractivity contribution in [2.75, 3.05) is 26.7 Å². The summed E-state index contributed by atoms with van der Waals surface area (Å²) in [6.07, 6.45) is 3.87. The van der Waals surface area contributed by atoms with Gasteiger partial charge in [0.25, 0.3) is 5.91 Å². The quantitative estimate of drug-likeness (QED) is 0.284. The number of fused-ring (bicyclic) bond motifs is 1. The third-order valence-corrected chi connectivity index (χ3v) is 9.50. The van der Waals surface area contributed by atoms with E-state index in [0.29, 0.717) is 70.7 Å². The molecule has 4 aromatic rings. The van der Waals surface area contributed by atoms with Crippen LogP contribution in [-0.2, 0) is 11.8 Å². The number of carbonyl (C=O) groups excluding carboxylic acids is 2. The highest BCUT2D eigenvalue weighted by atomic mass is 35.5. The van der Waals surface area contributed by atoms with Crippen LogP contribution >= 0.6 is 34.8 Å². The first-order valence-electron chi connectivity index (χ1n) is 13.5. The van der Waals surface area contributed by atoms with Crippen LogP contribution in [0.25, 0.3) is 22.2 Å². The fourth-order valence-corrected chi connectivity index (χ4v) is 6.59. The van der Waals surface area contributed by atoms with Crippen molar-refractivity contribution in [1.29, 1.82) is 0 Å². The van der Waals surface area contributed by atoms with Crippen molar-refractivity contribution in [2.45, 2.75) is 38.3 Å². The van der Waals surface area contributed by atoms with Gasteiger partial charge in [0.15, 0.2) is 0 Å². The summed E-state index contributed by atoms with van der Waals surface area (Å²) >= 11 is 19.1. The Balaban J connectivity index is 1.13. The third-order valence-electron chi connectivity index (χ3n) is 8.34. The van der Waals surface area contributed by atoms with E-state index in [1.165, 1.54) is 0 Å². The van der Waals surface area contributed by atoms with Gasteiger partial charge in [-0.25, -0.2) is 4.68 Å². The van der Waals surface area contributed by atoms with Crippen molar-refractivity contribution in [2.24, 2.45) is 7.05 Å². The molecule has 6 rings (SSSR count). The fourth-order valence-electron chi connectivity index (χ4n) is 5.99. The van der Waals surface area contributed by atoms with Gasteiger partial charge in [-0.2, -0.15) is 0 Å². The number of likely N-dealkylation sites (tertiary alicyclic amines) is 2. The number of halogens is 3. The van der Waals surface area contributed by atoms with Crippen LogP contribution in [0.5, 0.6) is 5.75 Å². The Bertz CT molecular complexity index is 1670. The molecule has 2 aromatic carbocycles. The van der Waals surface area contributed by atoms with Gasteiger partial charge in [0, 0.05) is 43.7 Å². The Kier molecular flexibility index (Phi) is 7.38. The zero-order valence-electron chi connectivity index (χ0n) is 22.9. The van der Waals surface area contributed by atoms with Crippen LogP contribution in [0.4, 0.5) is 0 Å². The van der Waals surface area contributed by atoms with Gasteiger partial charge in [-0.3, -0.25) is 9.59 Å². The van der Waals surface area contributed by atoms with Gasteiger partial charge in [-0.05, 0) is 56.0 Å². The van der Waals surface area contributed by atoms with E-state index in [-0.39, 0.29) is 17.9 Å². The lowest BCUT2D eigenvalue weighted by molar-refractivity contribution is -0.133. The predicted octanol–water partition coefficient (Wildman–Crippen LogP) is 5.79. The Morgan fingerprint density at radius 2 is 1.76 bits per heavy atom. The average Bonchev–Trinajstić information content (AvgIpc) is 3.66. The van der Waals surface area contributed by atoms with E-state index in [9.17, 15) is 9.59 Å². The molecule has 0 saturated carbocycles. The maximum absolute atomic E-state index is 13.6.